The molecule has 96 valence electrons. The fourth-order valence-corrected chi connectivity index (χ4v) is 2.76. The summed E-state index contributed by atoms with van der Waals surface area (Å²) >= 11 is 1.38. The lowest BCUT2D eigenvalue weighted by Gasteiger charge is -2.07. The summed E-state index contributed by atoms with van der Waals surface area (Å²) in [4.78, 5) is 15.5. The summed E-state index contributed by atoms with van der Waals surface area (Å²) in [6.07, 6.45) is 2.65. The van der Waals surface area contributed by atoms with E-state index in [9.17, 15) is 10.1 Å². The first-order valence-electron chi connectivity index (χ1n) is 5.67. The second-order valence-corrected chi connectivity index (χ2v) is 5.08. The first-order valence-corrected chi connectivity index (χ1v) is 6.55. The SMILES string of the molecule is O=[N+]([O-])c1c(NC[C@H]2CCOC2)nc2sccn12. The summed E-state index contributed by atoms with van der Waals surface area (Å²) in [7, 11) is 0. The maximum absolute atomic E-state index is 11.1. The van der Waals surface area contributed by atoms with E-state index in [0.29, 0.717) is 29.8 Å². The van der Waals surface area contributed by atoms with Crippen molar-refractivity contribution in [2.75, 3.05) is 25.1 Å². The van der Waals surface area contributed by atoms with Gasteiger partial charge in [0, 0.05) is 24.4 Å². The van der Waals surface area contributed by atoms with Gasteiger partial charge in [-0.25, -0.2) is 0 Å². The number of fused-ring (bicyclic) bond motifs is 1. The fraction of sp³-hybridized carbons (Fsp3) is 0.500. The zero-order chi connectivity index (χ0) is 12.5. The van der Waals surface area contributed by atoms with Crippen LogP contribution in [0.5, 0.6) is 0 Å². The van der Waals surface area contributed by atoms with Gasteiger partial charge < -0.3 is 20.2 Å². The van der Waals surface area contributed by atoms with Crippen LogP contribution in [0.2, 0.25) is 0 Å². The Bertz CT molecular complexity index is 573. The van der Waals surface area contributed by atoms with E-state index in [1.54, 1.807) is 11.6 Å². The van der Waals surface area contributed by atoms with Gasteiger partial charge in [0.05, 0.1) is 6.61 Å². The molecular weight excluding hydrogens is 256 g/mol. The molecule has 2 aromatic heterocycles. The summed E-state index contributed by atoms with van der Waals surface area (Å²) in [6, 6.07) is 0. The summed E-state index contributed by atoms with van der Waals surface area (Å²) < 4.78 is 6.77. The van der Waals surface area contributed by atoms with Gasteiger partial charge in [0.1, 0.15) is 6.20 Å². The van der Waals surface area contributed by atoms with Crippen LogP contribution in [0.15, 0.2) is 11.6 Å². The minimum absolute atomic E-state index is 0.00478. The third-order valence-corrected chi connectivity index (χ3v) is 3.75. The minimum atomic E-state index is -0.403. The number of aromatic nitrogens is 2. The van der Waals surface area contributed by atoms with Crippen LogP contribution in [0, 0.1) is 16.0 Å². The van der Waals surface area contributed by atoms with E-state index in [4.69, 9.17) is 4.74 Å². The Morgan fingerprint density at radius 3 is 3.33 bits per heavy atom. The molecule has 1 N–H and O–H groups in total. The van der Waals surface area contributed by atoms with E-state index in [0.717, 1.165) is 13.0 Å². The molecule has 0 unspecified atom stereocenters. The highest BCUT2D eigenvalue weighted by Crippen LogP contribution is 2.28. The van der Waals surface area contributed by atoms with Crippen molar-refractivity contribution in [3.63, 3.8) is 0 Å². The van der Waals surface area contributed by atoms with Crippen LogP contribution >= 0.6 is 11.3 Å². The number of nitro groups is 1. The lowest BCUT2D eigenvalue weighted by molar-refractivity contribution is -0.389. The van der Waals surface area contributed by atoms with Crippen LogP contribution in [0.3, 0.4) is 0 Å². The Labute approximate surface area is 107 Å². The molecule has 1 fully saturated rings. The zero-order valence-electron chi connectivity index (χ0n) is 9.54. The maximum Gasteiger partial charge on any atom is 0.372 e. The number of nitrogens with one attached hydrogen (secondary N) is 1. The number of ether oxygens (including phenoxy) is 1. The Hall–Kier alpha value is -1.67. The lowest BCUT2D eigenvalue weighted by atomic mass is 10.1. The fourth-order valence-electron chi connectivity index (χ4n) is 2.05. The summed E-state index contributed by atoms with van der Waals surface area (Å²) in [5.74, 6) is 0.758. The molecule has 18 heavy (non-hydrogen) atoms. The van der Waals surface area contributed by atoms with Crippen molar-refractivity contribution in [2.45, 2.75) is 6.42 Å². The number of anilines is 1. The van der Waals surface area contributed by atoms with Crippen LogP contribution in [-0.4, -0.2) is 34.1 Å². The summed E-state index contributed by atoms with van der Waals surface area (Å²) in [6.45, 7) is 2.14. The van der Waals surface area contributed by atoms with Crippen LogP contribution < -0.4 is 5.32 Å². The van der Waals surface area contributed by atoms with Gasteiger partial charge in [-0.2, -0.15) is 9.38 Å². The molecule has 0 spiro atoms. The molecular formula is C10H12N4O3S. The molecule has 3 rings (SSSR count). The number of imidazole rings is 1. The average Bonchev–Trinajstić information content (AvgIpc) is 3.01. The molecule has 0 saturated carbocycles. The van der Waals surface area contributed by atoms with E-state index in [2.05, 4.69) is 10.3 Å². The van der Waals surface area contributed by atoms with Gasteiger partial charge in [-0.05, 0) is 11.3 Å². The van der Waals surface area contributed by atoms with Gasteiger partial charge in [0.25, 0.3) is 4.96 Å². The maximum atomic E-state index is 11.1. The Balaban J connectivity index is 1.83. The van der Waals surface area contributed by atoms with Crippen LogP contribution in [0.4, 0.5) is 11.6 Å². The number of hydrogen-bond donors (Lipinski definition) is 1. The Morgan fingerprint density at radius 1 is 1.72 bits per heavy atom. The van der Waals surface area contributed by atoms with Crippen molar-refractivity contribution in [3.05, 3.63) is 21.7 Å². The monoisotopic (exact) mass is 268 g/mol. The first kappa shape index (κ1) is 11.4. The van der Waals surface area contributed by atoms with Crippen molar-refractivity contribution in [2.24, 2.45) is 5.92 Å². The highest BCUT2D eigenvalue weighted by Gasteiger charge is 2.24. The molecule has 0 amide bonds. The van der Waals surface area contributed by atoms with Crippen LogP contribution in [0.25, 0.3) is 4.96 Å². The predicted molar refractivity (Wildman–Crippen MR) is 67.1 cm³/mol. The molecule has 7 nitrogen and oxygen atoms in total. The Kier molecular flexibility index (Phi) is 2.88. The molecule has 0 bridgehead atoms. The molecule has 0 radical (unpaired) electrons. The first-order chi connectivity index (χ1) is 8.75. The van der Waals surface area contributed by atoms with Crippen LogP contribution in [-0.2, 0) is 4.74 Å². The van der Waals surface area contributed by atoms with E-state index in [-0.39, 0.29) is 5.82 Å². The second kappa shape index (κ2) is 4.54. The number of nitrogens with zero attached hydrogens (tertiary/aromatic N) is 3. The standard InChI is InChI=1S/C10H12N4O3S/c15-14(16)9-8(11-5-7-1-3-17-6-7)12-10-13(9)2-4-18-10/h2,4,7,11H,1,3,5-6H2/t7-/m1/s1. The van der Waals surface area contributed by atoms with Crippen LogP contribution in [0.1, 0.15) is 6.42 Å². The number of rotatable bonds is 4. The number of hydrogen-bond acceptors (Lipinski definition) is 6. The highest BCUT2D eigenvalue weighted by atomic mass is 32.1. The van der Waals surface area contributed by atoms with E-state index >= 15 is 0 Å². The third-order valence-electron chi connectivity index (χ3n) is 2.99. The van der Waals surface area contributed by atoms with E-state index in [1.165, 1.54) is 15.7 Å². The molecule has 1 saturated heterocycles. The largest absolute Gasteiger partial charge is 0.381 e. The normalized spacial score (nSPS) is 19.4. The smallest absolute Gasteiger partial charge is 0.372 e. The van der Waals surface area contributed by atoms with Gasteiger partial charge in [-0.1, -0.05) is 11.3 Å². The second-order valence-electron chi connectivity index (χ2n) is 4.21. The highest BCUT2D eigenvalue weighted by molar-refractivity contribution is 7.15. The third kappa shape index (κ3) is 1.93. The molecule has 0 aliphatic carbocycles. The van der Waals surface area contributed by atoms with Crippen molar-refractivity contribution in [1.29, 1.82) is 0 Å². The van der Waals surface area contributed by atoms with Gasteiger partial charge in [-0.15, -0.1) is 0 Å². The van der Waals surface area contributed by atoms with Crippen molar-refractivity contribution in [3.8, 4) is 0 Å². The van der Waals surface area contributed by atoms with Gasteiger partial charge in [-0.3, -0.25) is 0 Å². The quantitative estimate of drug-likeness (QED) is 0.675. The molecule has 1 aliphatic rings. The topological polar surface area (TPSA) is 81.7 Å². The van der Waals surface area contributed by atoms with E-state index < -0.39 is 4.92 Å². The van der Waals surface area contributed by atoms with Gasteiger partial charge in [0.2, 0.25) is 5.82 Å². The molecule has 3 heterocycles. The molecule has 8 heteroatoms. The minimum Gasteiger partial charge on any atom is -0.381 e. The van der Waals surface area contributed by atoms with Gasteiger partial charge in [0.15, 0.2) is 0 Å². The van der Waals surface area contributed by atoms with Crippen molar-refractivity contribution >= 4 is 27.9 Å². The molecule has 0 aromatic carbocycles. The molecule has 1 atom stereocenters. The lowest BCUT2D eigenvalue weighted by Crippen LogP contribution is -2.15. The van der Waals surface area contributed by atoms with Crippen molar-refractivity contribution < 1.29 is 9.66 Å². The van der Waals surface area contributed by atoms with E-state index in [1.807, 2.05) is 0 Å². The average molecular weight is 268 g/mol. The van der Waals surface area contributed by atoms with Crippen molar-refractivity contribution in [1.82, 2.24) is 9.38 Å². The predicted octanol–water partition coefficient (Wildman–Crippen LogP) is 1.75. The summed E-state index contributed by atoms with van der Waals surface area (Å²) in [5, 5.41) is 15.9. The Morgan fingerprint density at radius 2 is 2.61 bits per heavy atom. The number of thiazole rings is 1. The molecule has 2 aromatic rings. The molecule has 1 aliphatic heterocycles. The zero-order valence-corrected chi connectivity index (χ0v) is 10.4. The van der Waals surface area contributed by atoms with Gasteiger partial charge >= 0.3 is 5.82 Å². The summed E-state index contributed by atoms with van der Waals surface area (Å²) in [5.41, 5.74) is 0.